The van der Waals surface area contributed by atoms with Crippen molar-refractivity contribution in [1.82, 2.24) is 14.8 Å². The lowest BCUT2D eigenvalue weighted by molar-refractivity contribution is 0.102. The van der Waals surface area contributed by atoms with Crippen LogP contribution in [-0.2, 0) is 0 Å². The third kappa shape index (κ3) is 2.31. The lowest BCUT2D eigenvalue weighted by Crippen LogP contribution is -2.17. The van der Waals surface area contributed by atoms with Crippen LogP contribution in [0.5, 0.6) is 0 Å². The third-order valence-corrected chi connectivity index (χ3v) is 4.73. The van der Waals surface area contributed by atoms with Crippen LogP contribution in [-0.4, -0.2) is 20.7 Å². The van der Waals surface area contributed by atoms with Gasteiger partial charge in [0.15, 0.2) is 0 Å². The van der Waals surface area contributed by atoms with Gasteiger partial charge in [0.05, 0.1) is 33.7 Å². The van der Waals surface area contributed by atoms with Gasteiger partial charge >= 0.3 is 0 Å². The van der Waals surface area contributed by atoms with Crippen LogP contribution in [0.25, 0.3) is 10.2 Å². The van der Waals surface area contributed by atoms with E-state index in [4.69, 9.17) is 0 Å². The molecule has 0 spiro atoms. The van der Waals surface area contributed by atoms with Crippen LogP contribution >= 0.6 is 11.3 Å². The molecule has 0 unspecified atom stereocenters. The van der Waals surface area contributed by atoms with Gasteiger partial charge in [-0.1, -0.05) is 0 Å². The Morgan fingerprint density at radius 3 is 3.10 bits per heavy atom. The molecule has 4 rings (SSSR count). The Bertz CT molecular complexity index is 803. The Hall–Kier alpha value is -2.21. The van der Waals surface area contributed by atoms with E-state index in [-0.39, 0.29) is 5.91 Å². The number of carbonyl (C=O) groups excluding carboxylic acids is 1. The Kier molecular flexibility index (Phi) is 2.96. The van der Waals surface area contributed by atoms with Crippen molar-refractivity contribution in [3.8, 4) is 0 Å². The van der Waals surface area contributed by atoms with Gasteiger partial charge < -0.3 is 5.32 Å². The molecule has 3 aromatic rings. The van der Waals surface area contributed by atoms with Crippen molar-refractivity contribution in [2.24, 2.45) is 0 Å². The maximum absolute atomic E-state index is 12.3. The number of aromatic nitrogens is 3. The molecule has 3 aromatic heterocycles. The molecule has 1 aliphatic rings. The quantitative estimate of drug-likeness (QED) is 0.805. The predicted octanol–water partition coefficient (Wildman–Crippen LogP) is 3.47. The van der Waals surface area contributed by atoms with Crippen LogP contribution in [0.15, 0.2) is 36.1 Å². The molecule has 3 heterocycles. The van der Waals surface area contributed by atoms with Gasteiger partial charge in [0.25, 0.3) is 5.91 Å². The first kappa shape index (κ1) is 12.5. The van der Waals surface area contributed by atoms with Crippen LogP contribution in [0.2, 0.25) is 0 Å². The molecule has 5 nitrogen and oxygen atoms in total. The zero-order valence-electron chi connectivity index (χ0n) is 11.3. The molecule has 0 atom stereocenters. The molecule has 0 aliphatic heterocycles. The minimum Gasteiger partial charge on any atom is -0.319 e. The van der Waals surface area contributed by atoms with Gasteiger partial charge in [0.2, 0.25) is 0 Å². The van der Waals surface area contributed by atoms with Crippen molar-refractivity contribution in [3.05, 3.63) is 41.7 Å². The van der Waals surface area contributed by atoms with Crippen molar-refractivity contribution >= 4 is 33.1 Å². The minimum absolute atomic E-state index is 0.147. The SMILES string of the molecule is O=C(Nc1cnn(C2CCC2)c1)c1cnc2ccsc2c1. The Morgan fingerprint density at radius 2 is 2.29 bits per heavy atom. The Balaban J connectivity index is 1.52. The van der Waals surface area contributed by atoms with Crippen LogP contribution in [0.3, 0.4) is 0 Å². The number of nitrogens with zero attached hydrogens (tertiary/aromatic N) is 3. The molecule has 0 saturated heterocycles. The highest BCUT2D eigenvalue weighted by Crippen LogP contribution is 2.31. The third-order valence-electron chi connectivity index (χ3n) is 3.87. The molecule has 21 heavy (non-hydrogen) atoms. The second kappa shape index (κ2) is 4.96. The number of carbonyl (C=O) groups is 1. The molecule has 1 amide bonds. The van der Waals surface area contributed by atoms with E-state index in [1.807, 2.05) is 28.4 Å². The molecule has 1 N–H and O–H groups in total. The normalized spacial score (nSPS) is 15.0. The number of anilines is 1. The van der Waals surface area contributed by atoms with Crippen molar-refractivity contribution in [2.45, 2.75) is 25.3 Å². The zero-order chi connectivity index (χ0) is 14.2. The van der Waals surface area contributed by atoms with Crippen molar-refractivity contribution < 1.29 is 4.79 Å². The molecule has 6 heteroatoms. The van der Waals surface area contributed by atoms with Crippen LogP contribution in [0.4, 0.5) is 5.69 Å². The summed E-state index contributed by atoms with van der Waals surface area (Å²) in [6.07, 6.45) is 8.83. The van der Waals surface area contributed by atoms with Gasteiger partial charge in [-0.25, -0.2) is 0 Å². The van der Waals surface area contributed by atoms with E-state index in [9.17, 15) is 4.79 Å². The highest BCUT2D eigenvalue weighted by atomic mass is 32.1. The Morgan fingerprint density at radius 1 is 1.38 bits per heavy atom. The molecule has 0 aromatic carbocycles. The first-order chi connectivity index (χ1) is 10.3. The summed E-state index contributed by atoms with van der Waals surface area (Å²) in [6.45, 7) is 0. The highest BCUT2D eigenvalue weighted by molar-refractivity contribution is 7.17. The lowest BCUT2D eigenvalue weighted by Gasteiger charge is -2.25. The summed E-state index contributed by atoms with van der Waals surface area (Å²) in [5.74, 6) is -0.147. The summed E-state index contributed by atoms with van der Waals surface area (Å²) in [6, 6.07) is 4.32. The van der Waals surface area contributed by atoms with Crippen molar-refractivity contribution in [1.29, 1.82) is 0 Å². The summed E-state index contributed by atoms with van der Waals surface area (Å²) in [5.41, 5.74) is 2.23. The molecule has 0 radical (unpaired) electrons. The standard InChI is InChI=1S/C15H14N4OS/c20-15(10-6-14-13(16-7-10)4-5-21-14)18-11-8-17-19(9-11)12-2-1-3-12/h4-9,12H,1-3H2,(H,18,20). The van der Waals surface area contributed by atoms with E-state index >= 15 is 0 Å². The number of thiophene rings is 1. The van der Waals surface area contributed by atoms with E-state index < -0.39 is 0 Å². The number of hydrogen-bond donors (Lipinski definition) is 1. The maximum atomic E-state index is 12.3. The first-order valence-electron chi connectivity index (χ1n) is 6.98. The van der Waals surface area contributed by atoms with Crippen LogP contribution in [0.1, 0.15) is 35.7 Å². The first-order valence-corrected chi connectivity index (χ1v) is 7.86. The fourth-order valence-electron chi connectivity index (χ4n) is 2.43. The zero-order valence-corrected chi connectivity index (χ0v) is 12.1. The maximum Gasteiger partial charge on any atom is 0.257 e. The number of rotatable bonds is 3. The van der Waals surface area contributed by atoms with E-state index in [1.54, 1.807) is 23.7 Å². The molecule has 1 saturated carbocycles. The highest BCUT2D eigenvalue weighted by Gasteiger charge is 2.20. The van der Waals surface area contributed by atoms with E-state index in [0.717, 1.165) is 15.9 Å². The summed E-state index contributed by atoms with van der Waals surface area (Å²) in [5, 5.41) is 9.17. The average molecular weight is 298 g/mol. The summed E-state index contributed by atoms with van der Waals surface area (Å²) in [7, 11) is 0. The van der Waals surface area contributed by atoms with Crippen LogP contribution in [0, 0.1) is 0 Å². The minimum atomic E-state index is -0.147. The van der Waals surface area contributed by atoms with Crippen LogP contribution < -0.4 is 5.32 Å². The summed E-state index contributed by atoms with van der Waals surface area (Å²) < 4.78 is 2.97. The molecule has 1 aliphatic carbocycles. The molecular weight excluding hydrogens is 284 g/mol. The molecule has 0 bridgehead atoms. The second-order valence-electron chi connectivity index (χ2n) is 5.28. The predicted molar refractivity (Wildman–Crippen MR) is 82.7 cm³/mol. The van der Waals surface area contributed by atoms with Gasteiger partial charge in [-0.2, -0.15) is 5.10 Å². The van der Waals surface area contributed by atoms with Gasteiger partial charge in [-0.3, -0.25) is 14.5 Å². The number of hydrogen-bond acceptors (Lipinski definition) is 4. The number of nitrogens with one attached hydrogen (secondary N) is 1. The average Bonchev–Trinajstić information content (AvgIpc) is 3.05. The van der Waals surface area contributed by atoms with Gasteiger partial charge in [-0.05, 0) is 36.8 Å². The fourth-order valence-corrected chi connectivity index (χ4v) is 3.21. The van der Waals surface area contributed by atoms with Gasteiger partial charge in [0.1, 0.15) is 0 Å². The lowest BCUT2D eigenvalue weighted by atomic mass is 9.93. The molecule has 1 fully saturated rings. The summed E-state index contributed by atoms with van der Waals surface area (Å²) >= 11 is 1.58. The number of pyridine rings is 1. The molecular formula is C15H14N4OS. The van der Waals surface area contributed by atoms with Crippen molar-refractivity contribution in [3.63, 3.8) is 0 Å². The smallest absolute Gasteiger partial charge is 0.257 e. The van der Waals surface area contributed by atoms with E-state index in [2.05, 4.69) is 15.4 Å². The van der Waals surface area contributed by atoms with Gasteiger partial charge in [-0.15, -0.1) is 11.3 Å². The Labute approximate surface area is 125 Å². The van der Waals surface area contributed by atoms with Crippen molar-refractivity contribution in [2.75, 3.05) is 5.32 Å². The second-order valence-corrected chi connectivity index (χ2v) is 6.22. The summed E-state index contributed by atoms with van der Waals surface area (Å²) in [4.78, 5) is 16.5. The molecule has 106 valence electrons. The largest absolute Gasteiger partial charge is 0.319 e. The fraction of sp³-hybridized carbons (Fsp3) is 0.267. The number of amides is 1. The van der Waals surface area contributed by atoms with E-state index in [1.165, 1.54) is 19.3 Å². The van der Waals surface area contributed by atoms with E-state index in [0.29, 0.717) is 11.6 Å². The van der Waals surface area contributed by atoms with Gasteiger partial charge in [0, 0.05) is 12.4 Å². The monoisotopic (exact) mass is 298 g/mol. The topological polar surface area (TPSA) is 59.8 Å². The number of fused-ring (bicyclic) bond motifs is 1.